The molecular formula is C26H33N3O5. The third kappa shape index (κ3) is 6.01. The molecule has 2 aromatic rings. The minimum atomic E-state index is -0.231. The van der Waals surface area contributed by atoms with Crippen LogP contribution in [-0.4, -0.2) is 72.2 Å². The Morgan fingerprint density at radius 2 is 1.71 bits per heavy atom. The van der Waals surface area contributed by atoms with Gasteiger partial charge in [-0.05, 0) is 42.3 Å². The lowest BCUT2D eigenvalue weighted by atomic mass is 10.1. The van der Waals surface area contributed by atoms with Crippen molar-refractivity contribution in [1.82, 2.24) is 0 Å². The zero-order chi connectivity index (χ0) is 23.8. The van der Waals surface area contributed by atoms with Gasteiger partial charge in [-0.2, -0.15) is 0 Å². The average Bonchev–Trinajstić information content (AvgIpc) is 2.89. The second kappa shape index (κ2) is 11.8. The van der Waals surface area contributed by atoms with Gasteiger partial charge >= 0.3 is 0 Å². The van der Waals surface area contributed by atoms with Gasteiger partial charge in [0.1, 0.15) is 0 Å². The zero-order valence-corrected chi connectivity index (χ0v) is 19.8. The molecule has 2 aliphatic rings. The number of hydrogen-bond donors (Lipinski definition) is 1. The number of amides is 1. The molecule has 0 aromatic heterocycles. The number of ether oxygens (including phenoxy) is 4. The molecule has 2 aromatic carbocycles. The number of carbonyl (C=O) groups excluding carboxylic acids is 1. The van der Waals surface area contributed by atoms with Crippen LogP contribution in [0.1, 0.15) is 5.56 Å². The van der Waals surface area contributed by atoms with Gasteiger partial charge in [-0.1, -0.05) is 12.1 Å². The predicted molar refractivity (Wildman–Crippen MR) is 134 cm³/mol. The highest BCUT2D eigenvalue weighted by atomic mass is 16.5. The van der Waals surface area contributed by atoms with Crippen molar-refractivity contribution in [1.29, 1.82) is 0 Å². The van der Waals surface area contributed by atoms with E-state index in [1.807, 2.05) is 36.4 Å². The first-order valence-corrected chi connectivity index (χ1v) is 11.7. The molecule has 0 aliphatic carbocycles. The molecule has 34 heavy (non-hydrogen) atoms. The van der Waals surface area contributed by atoms with Crippen LogP contribution in [0.15, 0.2) is 49.1 Å². The number of hydrogen-bond acceptors (Lipinski definition) is 7. The highest BCUT2D eigenvalue weighted by Crippen LogP contribution is 2.33. The molecule has 8 nitrogen and oxygen atoms in total. The smallest absolute Gasteiger partial charge is 0.262 e. The normalized spacial score (nSPS) is 16.1. The summed E-state index contributed by atoms with van der Waals surface area (Å²) >= 11 is 0. The summed E-state index contributed by atoms with van der Waals surface area (Å²) in [4.78, 5) is 17.4. The van der Waals surface area contributed by atoms with Gasteiger partial charge in [-0.15, -0.1) is 6.58 Å². The lowest BCUT2D eigenvalue weighted by Gasteiger charge is -2.33. The minimum absolute atomic E-state index is 0.120. The van der Waals surface area contributed by atoms with E-state index in [1.165, 1.54) is 0 Å². The van der Waals surface area contributed by atoms with Crippen molar-refractivity contribution in [2.45, 2.75) is 6.42 Å². The fraction of sp³-hybridized carbons (Fsp3) is 0.423. The molecule has 0 radical (unpaired) electrons. The number of anilines is 3. The number of rotatable bonds is 9. The quantitative estimate of drug-likeness (QED) is 0.568. The first-order valence-electron chi connectivity index (χ1n) is 11.7. The van der Waals surface area contributed by atoms with Crippen LogP contribution in [-0.2, 0) is 20.7 Å². The van der Waals surface area contributed by atoms with Gasteiger partial charge in [-0.25, -0.2) is 0 Å². The molecule has 0 spiro atoms. The Kier molecular flexibility index (Phi) is 8.27. The number of carbonyl (C=O) groups is 1. The summed E-state index contributed by atoms with van der Waals surface area (Å²) in [6.07, 6.45) is 2.57. The van der Waals surface area contributed by atoms with E-state index in [1.54, 1.807) is 7.11 Å². The first kappa shape index (κ1) is 23.9. The molecule has 0 saturated carbocycles. The summed E-state index contributed by atoms with van der Waals surface area (Å²) < 4.78 is 22.2. The first-order chi connectivity index (χ1) is 16.7. The van der Waals surface area contributed by atoms with Crippen molar-refractivity contribution in [3.63, 3.8) is 0 Å². The SMILES string of the molecule is C=CCc1ccc(OCC(=O)Nc2ccc(N3CCOCC3)cc2N2CCOCC2)c(OC)c1. The van der Waals surface area contributed by atoms with Gasteiger partial charge in [0.2, 0.25) is 0 Å². The average molecular weight is 468 g/mol. The Balaban J connectivity index is 1.46. The van der Waals surface area contributed by atoms with E-state index in [0.29, 0.717) is 24.7 Å². The largest absolute Gasteiger partial charge is 0.493 e. The molecule has 4 rings (SSSR count). The van der Waals surface area contributed by atoms with Gasteiger partial charge in [0.15, 0.2) is 18.1 Å². The van der Waals surface area contributed by atoms with E-state index in [2.05, 4.69) is 27.8 Å². The number of nitrogens with one attached hydrogen (secondary N) is 1. The van der Waals surface area contributed by atoms with Crippen molar-refractivity contribution >= 4 is 23.0 Å². The molecule has 2 heterocycles. The molecule has 0 unspecified atom stereocenters. The van der Waals surface area contributed by atoms with Crippen LogP contribution in [0.2, 0.25) is 0 Å². The van der Waals surface area contributed by atoms with Gasteiger partial charge in [-0.3, -0.25) is 4.79 Å². The number of nitrogens with zero attached hydrogens (tertiary/aromatic N) is 2. The molecule has 2 fully saturated rings. The van der Waals surface area contributed by atoms with E-state index in [9.17, 15) is 4.79 Å². The predicted octanol–water partition coefficient (Wildman–Crippen LogP) is 3.11. The van der Waals surface area contributed by atoms with E-state index in [-0.39, 0.29) is 12.5 Å². The Bertz CT molecular complexity index is 984. The van der Waals surface area contributed by atoms with Crippen molar-refractivity contribution in [3.05, 3.63) is 54.6 Å². The molecule has 0 atom stereocenters. The Hall–Kier alpha value is -3.23. The standard InChI is InChI=1S/C26H33N3O5/c1-3-4-20-5-8-24(25(17-20)31-2)34-19-26(30)27-22-7-6-21(28-9-13-32-14-10-28)18-23(22)29-11-15-33-16-12-29/h3,5-8,17-18H,1,4,9-16,19H2,2H3,(H,27,30). The van der Waals surface area contributed by atoms with Crippen LogP contribution in [0.5, 0.6) is 11.5 Å². The summed E-state index contributed by atoms with van der Waals surface area (Å²) in [6, 6.07) is 11.8. The monoisotopic (exact) mass is 467 g/mol. The van der Waals surface area contributed by atoms with Crippen molar-refractivity contribution in [3.8, 4) is 11.5 Å². The number of benzene rings is 2. The maximum atomic E-state index is 12.8. The van der Waals surface area contributed by atoms with E-state index in [4.69, 9.17) is 18.9 Å². The van der Waals surface area contributed by atoms with E-state index < -0.39 is 0 Å². The van der Waals surface area contributed by atoms with Crippen LogP contribution >= 0.6 is 0 Å². The summed E-state index contributed by atoms with van der Waals surface area (Å²) in [5.74, 6) is 0.892. The van der Waals surface area contributed by atoms with Crippen molar-refractivity contribution in [2.24, 2.45) is 0 Å². The molecule has 1 N–H and O–H groups in total. The Morgan fingerprint density at radius 3 is 2.38 bits per heavy atom. The maximum absolute atomic E-state index is 12.8. The number of allylic oxidation sites excluding steroid dienone is 1. The minimum Gasteiger partial charge on any atom is -0.493 e. The van der Waals surface area contributed by atoms with Crippen molar-refractivity contribution < 1.29 is 23.7 Å². The summed E-state index contributed by atoms with van der Waals surface area (Å²) in [7, 11) is 1.59. The topological polar surface area (TPSA) is 72.5 Å². The lowest BCUT2D eigenvalue weighted by molar-refractivity contribution is -0.118. The Morgan fingerprint density at radius 1 is 1.00 bits per heavy atom. The third-order valence-electron chi connectivity index (χ3n) is 5.95. The molecule has 2 saturated heterocycles. The second-order valence-electron chi connectivity index (χ2n) is 8.22. The van der Waals surface area contributed by atoms with Crippen LogP contribution in [0, 0.1) is 0 Å². The van der Waals surface area contributed by atoms with E-state index in [0.717, 1.165) is 68.4 Å². The highest BCUT2D eigenvalue weighted by molar-refractivity contribution is 5.96. The van der Waals surface area contributed by atoms with E-state index >= 15 is 0 Å². The lowest BCUT2D eigenvalue weighted by Crippen LogP contribution is -2.38. The van der Waals surface area contributed by atoms with Crippen LogP contribution < -0.4 is 24.6 Å². The molecule has 0 bridgehead atoms. The number of morpholine rings is 2. The molecular weight excluding hydrogens is 434 g/mol. The van der Waals surface area contributed by atoms with Gasteiger partial charge < -0.3 is 34.1 Å². The summed E-state index contributed by atoms with van der Waals surface area (Å²) in [5.41, 5.74) is 3.95. The summed E-state index contributed by atoms with van der Waals surface area (Å²) in [5, 5.41) is 3.03. The zero-order valence-electron chi connectivity index (χ0n) is 19.8. The molecule has 8 heteroatoms. The summed E-state index contributed by atoms with van der Waals surface area (Å²) in [6.45, 7) is 9.69. The second-order valence-corrected chi connectivity index (χ2v) is 8.22. The fourth-order valence-electron chi connectivity index (χ4n) is 4.16. The van der Waals surface area contributed by atoms with Gasteiger partial charge in [0.25, 0.3) is 5.91 Å². The number of methoxy groups -OCH3 is 1. The van der Waals surface area contributed by atoms with Crippen molar-refractivity contribution in [2.75, 3.05) is 81.4 Å². The van der Waals surface area contributed by atoms with Gasteiger partial charge in [0, 0.05) is 31.9 Å². The maximum Gasteiger partial charge on any atom is 0.262 e. The third-order valence-corrected chi connectivity index (χ3v) is 5.95. The molecule has 182 valence electrons. The Labute approximate surface area is 201 Å². The van der Waals surface area contributed by atoms with Gasteiger partial charge in [0.05, 0.1) is 44.9 Å². The molecule has 1 amide bonds. The molecule has 2 aliphatic heterocycles. The fourth-order valence-corrected chi connectivity index (χ4v) is 4.16. The van der Waals surface area contributed by atoms with Crippen LogP contribution in [0.4, 0.5) is 17.1 Å². The van der Waals surface area contributed by atoms with Crippen LogP contribution in [0.25, 0.3) is 0 Å². The van der Waals surface area contributed by atoms with Crippen LogP contribution in [0.3, 0.4) is 0 Å². The highest BCUT2D eigenvalue weighted by Gasteiger charge is 2.20.